The van der Waals surface area contributed by atoms with Crippen LogP contribution in [0.25, 0.3) is 0 Å². The molecule has 0 rings (SSSR count). The summed E-state index contributed by atoms with van der Waals surface area (Å²) in [5.41, 5.74) is 0. The van der Waals surface area contributed by atoms with E-state index in [1.807, 2.05) is 0 Å². The van der Waals surface area contributed by atoms with E-state index in [2.05, 4.69) is 12.6 Å². The molecule has 26 valence electrons. The molecule has 0 aliphatic heterocycles. The molecule has 0 aliphatic rings. The Hall–Kier alpha value is 0.280. The highest BCUT2D eigenvalue weighted by Gasteiger charge is 1.61. The Balaban J connectivity index is 1.97. The zero-order valence-electron chi connectivity index (χ0n) is 2.24. The minimum Gasteiger partial charge on any atom is -0.250 e. The second-order valence-electron chi connectivity index (χ2n) is 0.413. The number of hydrogen-bond donors (Lipinski definition) is 1. The van der Waals surface area contributed by atoms with Crippen LogP contribution < -0.4 is 0 Å². The smallest absolute Gasteiger partial charge is 0.0982 e. The van der Waals surface area contributed by atoms with E-state index in [4.69, 9.17) is 0 Å². The van der Waals surface area contributed by atoms with Gasteiger partial charge in [-0.05, 0) is 0 Å². The van der Waals surface area contributed by atoms with E-state index in [-0.39, 0.29) is 6.67 Å². The number of halogens is 1. The minimum absolute atomic E-state index is 0.316. The van der Waals surface area contributed by atoms with Crippen LogP contribution in [0.4, 0.5) is 4.39 Å². The van der Waals surface area contributed by atoms with Crippen LogP contribution in [-0.4, -0.2) is 12.4 Å². The molecule has 0 aromatic carbocycles. The fourth-order valence-corrected chi connectivity index (χ4v) is 0. The van der Waals surface area contributed by atoms with Crippen LogP contribution in [0, 0.1) is 0 Å². The van der Waals surface area contributed by atoms with Gasteiger partial charge in [-0.1, -0.05) is 0 Å². The SMILES string of the molecule is [18F]CCS. The van der Waals surface area contributed by atoms with E-state index in [0.717, 1.165) is 0 Å². The molecule has 0 saturated heterocycles. The van der Waals surface area contributed by atoms with Crippen molar-refractivity contribution in [3.05, 3.63) is 0 Å². The van der Waals surface area contributed by atoms with E-state index in [1.54, 1.807) is 0 Å². The lowest BCUT2D eigenvalue weighted by Gasteiger charge is -1.64. The molecule has 0 radical (unpaired) electrons. The van der Waals surface area contributed by atoms with Gasteiger partial charge in [0.25, 0.3) is 0 Å². The average molecular weight is 79.1 g/mol. The Morgan fingerprint density at radius 2 is 2.00 bits per heavy atom. The first-order chi connectivity index (χ1) is 1.91. The van der Waals surface area contributed by atoms with E-state index < -0.39 is 0 Å². The molecule has 0 aromatic rings. The highest BCUT2D eigenvalue weighted by atomic mass is 32.1. The van der Waals surface area contributed by atoms with Gasteiger partial charge in [0, 0.05) is 5.75 Å². The van der Waals surface area contributed by atoms with Crippen molar-refractivity contribution in [2.75, 3.05) is 12.4 Å². The lowest BCUT2D eigenvalue weighted by molar-refractivity contribution is 0.533. The first kappa shape index (κ1) is 4.28. The van der Waals surface area contributed by atoms with Crippen molar-refractivity contribution >= 4 is 12.6 Å². The van der Waals surface area contributed by atoms with Gasteiger partial charge in [-0.2, -0.15) is 12.6 Å². The third kappa shape index (κ3) is 2.28. The lowest BCUT2D eigenvalue weighted by atomic mass is 10.9. The van der Waals surface area contributed by atoms with E-state index in [9.17, 15) is 4.39 Å². The fraction of sp³-hybridized carbons (Fsp3) is 1.00. The molecule has 0 heterocycles. The van der Waals surface area contributed by atoms with Gasteiger partial charge in [0.2, 0.25) is 0 Å². The number of hydrogen-bond acceptors (Lipinski definition) is 1. The quantitative estimate of drug-likeness (QED) is 0.443. The summed E-state index contributed by atoms with van der Waals surface area (Å²) in [6.07, 6.45) is 0. The van der Waals surface area contributed by atoms with E-state index in [1.165, 1.54) is 0 Å². The van der Waals surface area contributed by atoms with Crippen LogP contribution in [0.1, 0.15) is 0 Å². The third-order valence-electron chi connectivity index (χ3n) is 0.0845. The monoisotopic (exact) mass is 79.0 g/mol. The Bertz CT molecular complexity index is 8.00. The number of thiol groups is 1. The molecule has 0 spiro atoms. The highest BCUT2D eigenvalue weighted by molar-refractivity contribution is 7.80. The minimum atomic E-state index is -0.316. The molecule has 0 atom stereocenters. The van der Waals surface area contributed by atoms with Crippen molar-refractivity contribution in [3.63, 3.8) is 0 Å². The summed E-state index contributed by atoms with van der Waals surface area (Å²) in [5.74, 6) is 0.347. The summed E-state index contributed by atoms with van der Waals surface area (Å²) >= 11 is 3.55. The standard InChI is InChI=1S/C2H5FS/c3-1-2-4/h4H,1-2H2/i3-1. The van der Waals surface area contributed by atoms with Gasteiger partial charge in [0.1, 0.15) is 0 Å². The molecular formula is C2H5FS. The van der Waals surface area contributed by atoms with Crippen LogP contribution in [0.15, 0.2) is 0 Å². The Labute approximate surface area is 30.4 Å². The Kier molecular flexibility index (Phi) is 3.51. The van der Waals surface area contributed by atoms with Crippen molar-refractivity contribution in [1.29, 1.82) is 0 Å². The fourth-order valence-electron chi connectivity index (χ4n) is 0. The first-order valence-corrected chi connectivity index (χ1v) is 1.72. The second-order valence-corrected chi connectivity index (χ2v) is 0.860. The van der Waals surface area contributed by atoms with E-state index >= 15 is 0 Å². The zero-order valence-corrected chi connectivity index (χ0v) is 3.13. The topological polar surface area (TPSA) is 0 Å². The van der Waals surface area contributed by atoms with Crippen molar-refractivity contribution in [1.82, 2.24) is 0 Å². The van der Waals surface area contributed by atoms with Gasteiger partial charge in [-0.15, -0.1) is 0 Å². The molecule has 2 heteroatoms. The molecule has 0 amide bonds. The summed E-state index contributed by atoms with van der Waals surface area (Å²) in [4.78, 5) is 0. The van der Waals surface area contributed by atoms with Gasteiger partial charge < -0.3 is 0 Å². The van der Waals surface area contributed by atoms with Crippen LogP contribution in [0.3, 0.4) is 0 Å². The number of rotatable bonds is 1. The Morgan fingerprint density at radius 3 is 2.00 bits per heavy atom. The molecule has 0 fully saturated rings. The summed E-state index contributed by atoms with van der Waals surface area (Å²) in [5, 5.41) is 0. The molecule has 0 bridgehead atoms. The van der Waals surface area contributed by atoms with Crippen LogP contribution >= 0.6 is 12.6 Å². The predicted octanol–water partition coefficient (Wildman–Crippen LogP) is 0.886. The summed E-state index contributed by atoms with van der Waals surface area (Å²) in [6, 6.07) is 0. The van der Waals surface area contributed by atoms with Gasteiger partial charge >= 0.3 is 0 Å². The van der Waals surface area contributed by atoms with Crippen molar-refractivity contribution < 1.29 is 4.39 Å². The van der Waals surface area contributed by atoms with Crippen LogP contribution in [0.2, 0.25) is 0 Å². The molecule has 0 nitrogen and oxygen atoms in total. The second kappa shape index (κ2) is 3.28. The maximum atomic E-state index is 10.6. The number of alkyl halides is 1. The van der Waals surface area contributed by atoms with E-state index in [0.29, 0.717) is 5.75 Å². The van der Waals surface area contributed by atoms with Crippen LogP contribution in [-0.2, 0) is 0 Å². The van der Waals surface area contributed by atoms with Crippen molar-refractivity contribution in [2.45, 2.75) is 0 Å². The first-order valence-electron chi connectivity index (χ1n) is 1.08. The predicted molar refractivity (Wildman–Crippen MR) is 19.8 cm³/mol. The summed E-state index contributed by atoms with van der Waals surface area (Å²) in [7, 11) is 0. The average Bonchev–Trinajstić information content (AvgIpc) is 1.37. The normalized spacial score (nSPS) is 7.50. The van der Waals surface area contributed by atoms with Crippen molar-refractivity contribution in [2.24, 2.45) is 0 Å². The van der Waals surface area contributed by atoms with Gasteiger partial charge in [0.05, 0.1) is 6.67 Å². The molecule has 4 heavy (non-hydrogen) atoms. The maximum Gasteiger partial charge on any atom is 0.0982 e. The lowest BCUT2D eigenvalue weighted by Crippen LogP contribution is -1.66. The molecule has 0 N–H and O–H groups in total. The molecule has 0 unspecified atom stereocenters. The summed E-state index contributed by atoms with van der Waals surface area (Å²) < 4.78 is 10.6. The highest BCUT2D eigenvalue weighted by Crippen LogP contribution is 1.68. The molecular weight excluding hydrogens is 74.1 g/mol. The maximum absolute atomic E-state index is 10.6. The van der Waals surface area contributed by atoms with Crippen LogP contribution in [0.5, 0.6) is 0 Å². The largest absolute Gasteiger partial charge is 0.250 e. The molecule has 0 saturated carbocycles. The van der Waals surface area contributed by atoms with Gasteiger partial charge in [-0.3, -0.25) is 4.39 Å². The molecule has 0 aromatic heterocycles. The summed E-state index contributed by atoms with van der Waals surface area (Å²) in [6.45, 7) is -0.316. The van der Waals surface area contributed by atoms with Gasteiger partial charge in [-0.25, -0.2) is 0 Å². The van der Waals surface area contributed by atoms with Gasteiger partial charge in [0.15, 0.2) is 0 Å². The third-order valence-corrected chi connectivity index (χ3v) is 0.254. The molecule has 0 aliphatic carbocycles. The Morgan fingerprint density at radius 1 is 1.75 bits per heavy atom. The van der Waals surface area contributed by atoms with Crippen molar-refractivity contribution in [3.8, 4) is 0 Å². The zero-order chi connectivity index (χ0) is 3.41.